The van der Waals surface area contributed by atoms with Crippen molar-refractivity contribution in [3.05, 3.63) is 123 Å². The summed E-state index contributed by atoms with van der Waals surface area (Å²) in [6, 6.07) is 25.6. The number of fused-ring (bicyclic) bond motifs is 1. The predicted octanol–water partition coefficient (Wildman–Crippen LogP) is 5.18. The maximum atomic E-state index is 12.5. The number of nitrogens with zero attached hydrogens (tertiary/aromatic N) is 3. The van der Waals surface area contributed by atoms with Crippen LogP contribution in [0.4, 0.5) is 5.69 Å². The third-order valence-corrected chi connectivity index (χ3v) is 6.18. The molecule has 5 rings (SSSR count). The Morgan fingerprint density at radius 1 is 1.00 bits per heavy atom. The number of benzene rings is 3. The van der Waals surface area contributed by atoms with Gasteiger partial charge in [0.2, 0.25) is 0 Å². The number of nitro groups is 1. The lowest BCUT2D eigenvalue weighted by Gasteiger charge is -2.28. The average Bonchev–Trinajstić information content (AvgIpc) is 3.38. The van der Waals surface area contributed by atoms with Crippen molar-refractivity contribution >= 4 is 17.8 Å². The molecule has 0 bridgehead atoms. The first kappa shape index (κ1) is 23.2. The molecule has 0 fully saturated rings. The molecule has 0 saturated carbocycles. The molecule has 1 N–H and O–H groups in total. The quantitative estimate of drug-likeness (QED) is 0.223. The molecule has 1 aromatic heterocycles. The first-order chi connectivity index (χ1) is 17.5. The fourth-order valence-electron chi connectivity index (χ4n) is 4.25. The molecule has 0 aliphatic carbocycles. The number of carbonyl (C=O) groups excluding carboxylic acids is 1. The third kappa shape index (κ3) is 5.39. The summed E-state index contributed by atoms with van der Waals surface area (Å²) in [5.74, 6) is 0.680. The van der Waals surface area contributed by atoms with Crippen LogP contribution in [-0.2, 0) is 19.5 Å². The highest BCUT2D eigenvalue weighted by Crippen LogP contribution is 2.24. The SMILES string of the molecule is O=C(N/N=C\c1ccc(-c2ccc([N+](=O)[O-])cc2)o1)c1ccc(CN2CCc3ccccc3C2)cc1. The molecule has 1 amide bonds. The maximum absolute atomic E-state index is 12.5. The molecule has 36 heavy (non-hydrogen) atoms. The number of hydrogen-bond acceptors (Lipinski definition) is 6. The summed E-state index contributed by atoms with van der Waals surface area (Å²) < 4.78 is 5.69. The van der Waals surface area contributed by atoms with Gasteiger partial charge in [-0.3, -0.25) is 19.8 Å². The second kappa shape index (κ2) is 10.4. The van der Waals surface area contributed by atoms with Crippen molar-refractivity contribution in [3.63, 3.8) is 0 Å². The van der Waals surface area contributed by atoms with E-state index in [0.29, 0.717) is 22.6 Å². The van der Waals surface area contributed by atoms with E-state index in [0.717, 1.165) is 31.6 Å². The van der Waals surface area contributed by atoms with Gasteiger partial charge in [-0.2, -0.15) is 5.10 Å². The van der Waals surface area contributed by atoms with E-state index in [2.05, 4.69) is 39.7 Å². The first-order valence-electron chi connectivity index (χ1n) is 11.6. The topological polar surface area (TPSA) is 101 Å². The Hall–Kier alpha value is -4.56. The Balaban J connectivity index is 1.14. The van der Waals surface area contributed by atoms with Gasteiger partial charge in [-0.1, -0.05) is 36.4 Å². The highest BCUT2D eigenvalue weighted by Gasteiger charge is 2.16. The van der Waals surface area contributed by atoms with E-state index in [9.17, 15) is 14.9 Å². The van der Waals surface area contributed by atoms with Crippen molar-refractivity contribution in [2.24, 2.45) is 5.10 Å². The molecule has 180 valence electrons. The van der Waals surface area contributed by atoms with Gasteiger partial charge in [0, 0.05) is 42.9 Å². The van der Waals surface area contributed by atoms with E-state index in [1.807, 2.05) is 12.1 Å². The highest BCUT2D eigenvalue weighted by atomic mass is 16.6. The molecule has 0 radical (unpaired) electrons. The standard InChI is InChI=1S/C28H24N4O4/c33-28(30-29-17-26-13-14-27(36-26)22-9-11-25(12-10-22)32(34)35)23-7-5-20(6-8-23)18-31-16-15-21-3-1-2-4-24(21)19-31/h1-14,17H,15-16,18-19H2,(H,30,33)/b29-17-. The first-order valence-corrected chi connectivity index (χ1v) is 11.6. The monoisotopic (exact) mass is 480 g/mol. The number of amides is 1. The van der Waals surface area contributed by atoms with Crippen molar-refractivity contribution in [2.75, 3.05) is 6.54 Å². The van der Waals surface area contributed by atoms with Crippen LogP contribution >= 0.6 is 0 Å². The lowest BCUT2D eigenvalue weighted by Crippen LogP contribution is -2.30. The zero-order chi connectivity index (χ0) is 24.9. The number of nitrogens with one attached hydrogen (secondary N) is 1. The Labute approximate surface area is 208 Å². The minimum absolute atomic E-state index is 0.0140. The minimum Gasteiger partial charge on any atom is -0.455 e. The number of carbonyl (C=O) groups is 1. The second-order valence-corrected chi connectivity index (χ2v) is 8.63. The van der Waals surface area contributed by atoms with Gasteiger partial charge in [0.05, 0.1) is 11.1 Å². The largest absolute Gasteiger partial charge is 0.455 e. The molecule has 0 spiro atoms. The summed E-state index contributed by atoms with van der Waals surface area (Å²) in [4.78, 5) is 25.2. The van der Waals surface area contributed by atoms with Crippen molar-refractivity contribution in [1.82, 2.24) is 10.3 Å². The molecule has 4 aromatic rings. The van der Waals surface area contributed by atoms with Gasteiger partial charge in [0.25, 0.3) is 11.6 Å². The zero-order valence-electron chi connectivity index (χ0n) is 19.5. The fraction of sp³-hybridized carbons (Fsp3) is 0.143. The number of nitro benzene ring substituents is 1. The Bertz CT molecular complexity index is 1410. The molecular weight excluding hydrogens is 456 g/mol. The number of rotatable bonds is 7. The van der Waals surface area contributed by atoms with Crippen LogP contribution in [0.1, 0.15) is 32.8 Å². The molecule has 0 unspecified atom stereocenters. The van der Waals surface area contributed by atoms with Crippen molar-refractivity contribution in [2.45, 2.75) is 19.5 Å². The van der Waals surface area contributed by atoms with Crippen LogP contribution in [0, 0.1) is 10.1 Å². The molecule has 1 aliphatic heterocycles. The third-order valence-electron chi connectivity index (χ3n) is 6.18. The molecule has 1 aliphatic rings. The number of non-ortho nitro benzene ring substituents is 1. The van der Waals surface area contributed by atoms with E-state index >= 15 is 0 Å². The molecule has 3 aromatic carbocycles. The van der Waals surface area contributed by atoms with Gasteiger partial charge in [-0.15, -0.1) is 0 Å². The van der Waals surface area contributed by atoms with Crippen molar-refractivity contribution in [3.8, 4) is 11.3 Å². The van der Waals surface area contributed by atoms with Crippen molar-refractivity contribution < 1.29 is 14.1 Å². The minimum atomic E-state index is -0.450. The summed E-state index contributed by atoms with van der Waals surface area (Å²) in [6.07, 6.45) is 2.47. The average molecular weight is 481 g/mol. The van der Waals surface area contributed by atoms with Gasteiger partial charge in [-0.05, 0) is 59.5 Å². The highest BCUT2D eigenvalue weighted by molar-refractivity contribution is 5.94. The summed E-state index contributed by atoms with van der Waals surface area (Å²) in [5.41, 5.74) is 7.72. The summed E-state index contributed by atoms with van der Waals surface area (Å²) in [7, 11) is 0. The van der Waals surface area contributed by atoms with Gasteiger partial charge >= 0.3 is 0 Å². The van der Waals surface area contributed by atoms with E-state index in [-0.39, 0.29) is 11.6 Å². The van der Waals surface area contributed by atoms with Crippen LogP contribution in [0.5, 0.6) is 0 Å². The van der Waals surface area contributed by atoms with Crippen LogP contribution in [-0.4, -0.2) is 28.5 Å². The van der Waals surface area contributed by atoms with Crippen LogP contribution in [0.3, 0.4) is 0 Å². The van der Waals surface area contributed by atoms with Crippen molar-refractivity contribution in [1.29, 1.82) is 0 Å². The molecule has 0 atom stereocenters. The molecule has 0 saturated heterocycles. The number of hydrazone groups is 1. The fourth-order valence-corrected chi connectivity index (χ4v) is 4.25. The molecular formula is C28H24N4O4. The molecule has 2 heterocycles. The summed E-state index contributed by atoms with van der Waals surface area (Å²) >= 11 is 0. The smallest absolute Gasteiger partial charge is 0.271 e. The molecule has 8 heteroatoms. The normalized spacial score (nSPS) is 13.4. The Morgan fingerprint density at radius 3 is 2.50 bits per heavy atom. The predicted molar refractivity (Wildman–Crippen MR) is 137 cm³/mol. The maximum Gasteiger partial charge on any atom is 0.271 e. The zero-order valence-corrected chi connectivity index (χ0v) is 19.5. The van der Waals surface area contributed by atoms with Crippen LogP contribution in [0.2, 0.25) is 0 Å². The second-order valence-electron chi connectivity index (χ2n) is 8.63. The van der Waals surface area contributed by atoms with Crippen LogP contribution in [0.25, 0.3) is 11.3 Å². The Morgan fingerprint density at radius 2 is 1.75 bits per heavy atom. The van der Waals surface area contributed by atoms with E-state index in [1.165, 1.54) is 29.5 Å². The number of furan rings is 1. The molecule has 8 nitrogen and oxygen atoms in total. The van der Waals surface area contributed by atoms with E-state index in [1.54, 1.807) is 36.4 Å². The summed E-state index contributed by atoms with van der Waals surface area (Å²) in [5, 5.41) is 14.8. The van der Waals surface area contributed by atoms with Crippen LogP contribution < -0.4 is 5.43 Å². The number of hydrogen-bond donors (Lipinski definition) is 1. The lowest BCUT2D eigenvalue weighted by molar-refractivity contribution is -0.384. The van der Waals surface area contributed by atoms with Gasteiger partial charge in [0.1, 0.15) is 11.5 Å². The van der Waals surface area contributed by atoms with Gasteiger partial charge in [-0.25, -0.2) is 5.43 Å². The van der Waals surface area contributed by atoms with Gasteiger partial charge < -0.3 is 4.42 Å². The van der Waals surface area contributed by atoms with E-state index in [4.69, 9.17) is 4.42 Å². The van der Waals surface area contributed by atoms with Gasteiger partial charge in [0.15, 0.2) is 0 Å². The van der Waals surface area contributed by atoms with Crippen LogP contribution in [0.15, 0.2) is 94.4 Å². The Kier molecular flexibility index (Phi) is 6.68. The van der Waals surface area contributed by atoms with E-state index < -0.39 is 4.92 Å². The lowest BCUT2D eigenvalue weighted by atomic mass is 9.99. The summed E-state index contributed by atoms with van der Waals surface area (Å²) in [6.45, 7) is 2.79.